The number of hydrogen-bond donors (Lipinski definition) is 3. The van der Waals surface area contributed by atoms with E-state index in [-0.39, 0.29) is 11.9 Å². The van der Waals surface area contributed by atoms with Gasteiger partial charge >= 0.3 is 0 Å². The lowest BCUT2D eigenvalue weighted by atomic mass is 10.1. The van der Waals surface area contributed by atoms with E-state index in [9.17, 15) is 4.79 Å². The fraction of sp³-hybridized carbons (Fsp3) is 0.632. The van der Waals surface area contributed by atoms with Crippen molar-refractivity contribution in [3.05, 3.63) is 29.8 Å². The van der Waals surface area contributed by atoms with E-state index in [0.717, 1.165) is 38.5 Å². The summed E-state index contributed by atoms with van der Waals surface area (Å²) in [5.41, 5.74) is 1.35. The molecule has 0 saturated carbocycles. The van der Waals surface area contributed by atoms with Crippen molar-refractivity contribution < 1.29 is 19.3 Å². The molecule has 1 atom stereocenters. The van der Waals surface area contributed by atoms with Crippen molar-refractivity contribution in [2.75, 3.05) is 39.8 Å². The number of amides is 1. The fourth-order valence-electron chi connectivity index (χ4n) is 3.04. The molecule has 0 radical (unpaired) electrons. The Morgan fingerprint density at radius 2 is 1.67 bits per heavy atom. The zero-order valence-electron chi connectivity index (χ0n) is 15.5. The Morgan fingerprint density at radius 3 is 2.21 bits per heavy atom. The number of methoxy groups -OCH3 is 1. The predicted octanol–water partition coefficient (Wildman–Crippen LogP) is -0.861. The van der Waals surface area contributed by atoms with Gasteiger partial charge in [0.25, 0.3) is 5.91 Å². The molecule has 134 valence electrons. The molecule has 1 aliphatic heterocycles. The summed E-state index contributed by atoms with van der Waals surface area (Å²) >= 11 is 0. The summed E-state index contributed by atoms with van der Waals surface area (Å²) < 4.78 is 5.20. The van der Waals surface area contributed by atoms with Gasteiger partial charge in [-0.1, -0.05) is 13.8 Å². The van der Waals surface area contributed by atoms with Gasteiger partial charge in [-0.15, -0.1) is 0 Å². The average Bonchev–Trinajstić information content (AvgIpc) is 2.57. The van der Waals surface area contributed by atoms with E-state index in [1.54, 1.807) is 12.0 Å². The van der Waals surface area contributed by atoms with Crippen LogP contribution in [0.1, 0.15) is 26.3 Å². The highest BCUT2D eigenvalue weighted by Crippen LogP contribution is 2.10. The fourth-order valence-corrected chi connectivity index (χ4v) is 3.04. The van der Waals surface area contributed by atoms with Crippen LogP contribution in [0.5, 0.6) is 5.75 Å². The second kappa shape index (κ2) is 9.04. The topological polar surface area (TPSA) is 47.2 Å². The molecule has 1 fully saturated rings. The van der Waals surface area contributed by atoms with Crippen molar-refractivity contribution in [1.29, 1.82) is 0 Å². The van der Waals surface area contributed by atoms with Crippen LogP contribution < -0.4 is 19.9 Å². The summed E-state index contributed by atoms with van der Waals surface area (Å²) in [5, 5.41) is 3.11. The maximum Gasteiger partial charge on any atom is 0.275 e. The van der Waals surface area contributed by atoms with Gasteiger partial charge in [-0.3, -0.25) is 4.79 Å². The summed E-state index contributed by atoms with van der Waals surface area (Å²) in [6, 6.07) is 8.59. The van der Waals surface area contributed by atoms with Crippen LogP contribution in [0.15, 0.2) is 24.3 Å². The highest BCUT2D eigenvalue weighted by Gasteiger charge is 2.25. The second-order valence-electron chi connectivity index (χ2n) is 7.30. The standard InChI is InChI=1S/C19H31N3O2/c1-15(2)16(3)20-19(23)14-22-11-9-21(10-12-22)13-17-5-7-18(24-4)8-6-17/h5-8,15-16H,9-14H2,1-4H3,(H,20,23)/p+2/t16-/m1/s1. The predicted molar refractivity (Wildman–Crippen MR) is 95.4 cm³/mol. The zero-order chi connectivity index (χ0) is 17.5. The van der Waals surface area contributed by atoms with E-state index < -0.39 is 0 Å². The number of ether oxygens (including phenoxy) is 1. The van der Waals surface area contributed by atoms with Gasteiger partial charge in [0.05, 0.1) is 7.11 Å². The number of benzene rings is 1. The van der Waals surface area contributed by atoms with Crippen molar-refractivity contribution in [1.82, 2.24) is 5.32 Å². The van der Waals surface area contributed by atoms with E-state index in [1.165, 1.54) is 10.5 Å². The number of quaternary nitrogens is 2. The molecule has 2 rings (SSSR count). The molecule has 1 aromatic rings. The maximum atomic E-state index is 12.1. The third-order valence-corrected chi connectivity index (χ3v) is 5.08. The monoisotopic (exact) mass is 335 g/mol. The summed E-state index contributed by atoms with van der Waals surface area (Å²) in [7, 11) is 1.69. The zero-order valence-corrected chi connectivity index (χ0v) is 15.5. The molecule has 0 unspecified atom stereocenters. The normalized spacial score (nSPS) is 22.2. The van der Waals surface area contributed by atoms with Crippen LogP contribution in [0, 0.1) is 5.92 Å². The maximum absolute atomic E-state index is 12.1. The number of piperazine rings is 1. The molecular formula is C19H33N3O2+2. The molecule has 1 saturated heterocycles. The van der Waals surface area contributed by atoms with E-state index in [4.69, 9.17) is 4.74 Å². The first kappa shape index (κ1) is 18.7. The summed E-state index contributed by atoms with van der Waals surface area (Å²) in [5.74, 6) is 1.57. The number of carbonyl (C=O) groups is 1. The van der Waals surface area contributed by atoms with Crippen molar-refractivity contribution in [2.24, 2.45) is 5.92 Å². The summed E-state index contributed by atoms with van der Waals surface area (Å²) in [6.07, 6.45) is 0. The molecule has 5 heteroatoms. The molecule has 1 aliphatic rings. The van der Waals surface area contributed by atoms with Gasteiger partial charge in [-0.2, -0.15) is 0 Å². The van der Waals surface area contributed by atoms with E-state index in [1.807, 2.05) is 12.1 Å². The minimum Gasteiger partial charge on any atom is -0.497 e. The molecule has 1 amide bonds. The Labute approximate surface area is 146 Å². The third kappa shape index (κ3) is 5.80. The van der Waals surface area contributed by atoms with Crippen molar-refractivity contribution in [2.45, 2.75) is 33.4 Å². The molecule has 24 heavy (non-hydrogen) atoms. The Kier molecular flexibility index (Phi) is 7.06. The molecule has 0 bridgehead atoms. The Bertz CT molecular complexity index is 508. The van der Waals surface area contributed by atoms with E-state index in [2.05, 4.69) is 38.2 Å². The van der Waals surface area contributed by atoms with Crippen LogP contribution in [-0.4, -0.2) is 51.8 Å². The Hall–Kier alpha value is -1.59. The Morgan fingerprint density at radius 1 is 1.08 bits per heavy atom. The van der Waals surface area contributed by atoms with Crippen LogP contribution in [0.4, 0.5) is 0 Å². The SMILES string of the molecule is COc1ccc(C[NH+]2CC[NH+](CC(=O)N[C@H](C)C(C)C)CC2)cc1. The van der Waals surface area contributed by atoms with Gasteiger partial charge in [-0.25, -0.2) is 0 Å². The largest absolute Gasteiger partial charge is 0.497 e. The Balaban J connectivity index is 1.71. The van der Waals surface area contributed by atoms with Crippen LogP contribution >= 0.6 is 0 Å². The second-order valence-corrected chi connectivity index (χ2v) is 7.30. The van der Waals surface area contributed by atoms with Crippen LogP contribution in [0.2, 0.25) is 0 Å². The van der Waals surface area contributed by atoms with Gasteiger partial charge in [0.15, 0.2) is 6.54 Å². The molecule has 0 aliphatic carbocycles. The summed E-state index contributed by atoms with van der Waals surface area (Å²) in [4.78, 5) is 15.1. The molecular weight excluding hydrogens is 302 g/mol. The van der Waals surface area contributed by atoms with Crippen molar-refractivity contribution >= 4 is 5.91 Å². The number of rotatable bonds is 7. The van der Waals surface area contributed by atoms with Gasteiger partial charge in [0.2, 0.25) is 0 Å². The molecule has 1 aromatic carbocycles. The smallest absolute Gasteiger partial charge is 0.275 e. The molecule has 0 spiro atoms. The number of nitrogens with one attached hydrogen (secondary N) is 3. The third-order valence-electron chi connectivity index (χ3n) is 5.08. The highest BCUT2D eigenvalue weighted by molar-refractivity contribution is 5.77. The number of carbonyl (C=O) groups excluding carboxylic acids is 1. The van der Waals surface area contributed by atoms with E-state index in [0.29, 0.717) is 12.5 Å². The minimum atomic E-state index is 0.185. The first-order valence-corrected chi connectivity index (χ1v) is 9.07. The first-order chi connectivity index (χ1) is 11.5. The summed E-state index contributed by atoms with van der Waals surface area (Å²) in [6.45, 7) is 12.4. The van der Waals surface area contributed by atoms with Crippen LogP contribution in [0.3, 0.4) is 0 Å². The van der Waals surface area contributed by atoms with Gasteiger partial charge < -0.3 is 19.9 Å². The van der Waals surface area contributed by atoms with Crippen molar-refractivity contribution in [3.8, 4) is 5.75 Å². The van der Waals surface area contributed by atoms with Crippen LogP contribution in [0.25, 0.3) is 0 Å². The lowest BCUT2D eigenvalue weighted by Crippen LogP contribution is -3.28. The van der Waals surface area contributed by atoms with E-state index >= 15 is 0 Å². The van der Waals surface area contributed by atoms with Gasteiger partial charge in [0, 0.05) is 11.6 Å². The van der Waals surface area contributed by atoms with Crippen molar-refractivity contribution in [3.63, 3.8) is 0 Å². The molecule has 5 nitrogen and oxygen atoms in total. The number of hydrogen-bond acceptors (Lipinski definition) is 2. The lowest BCUT2D eigenvalue weighted by molar-refractivity contribution is -1.02. The average molecular weight is 335 g/mol. The quantitative estimate of drug-likeness (QED) is 0.607. The molecule has 0 aromatic heterocycles. The molecule has 1 heterocycles. The molecule has 3 N–H and O–H groups in total. The minimum absolute atomic E-state index is 0.185. The highest BCUT2D eigenvalue weighted by atomic mass is 16.5. The van der Waals surface area contributed by atoms with Gasteiger partial charge in [-0.05, 0) is 37.1 Å². The lowest BCUT2D eigenvalue weighted by Gasteiger charge is -2.30. The van der Waals surface area contributed by atoms with Crippen LogP contribution in [-0.2, 0) is 11.3 Å². The van der Waals surface area contributed by atoms with Gasteiger partial charge in [0.1, 0.15) is 38.5 Å². The first-order valence-electron chi connectivity index (χ1n) is 9.07.